The van der Waals surface area contributed by atoms with E-state index in [0.717, 1.165) is 109 Å². The van der Waals surface area contributed by atoms with E-state index in [4.69, 9.17) is 19.5 Å². The zero-order valence-corrected chi connectivity index (χ0v) is 32.1. The largest absolute Gasteiger partial charge is 0.378 e. The molecule has 0 aliphatic carbocycles. The summed E-state index contributed by atoms with van der Waals surface area (Å²) in [5, 5.41) is 0. The first-order valence-electron chi connectivity index (χ1n) is 19.7. The lowest BCUT2D eigenvalue weighted by Crippen LogP contribution is -2.36. The SMILES string of the molecule is O=C(c1ccccc1)c1ccc2c(c1)C(c1ccnc(N3CCOCC3)c1)=NC2.O=C(c1ccccc1)c1ccc2c(c1)C(c1ccnc(N3CCOCC3)c1)=NC2. The molecule has 0 spiro atoms. The molecule has 2 saturated heterocycles. The number of pyridine rings is 2. The Balaban J connectivity index is 0.000000150. The average Bonchev–Trinajstić information content (AvgIpc) is 3.94. The third kappa shape index (κ3) is 7.84. The van der Waals surface area contributed by atoms with E-state index in [-0.39, 0.29) is 11.6 Å². The van der Waals surface area contributed by atoms with Crippen LogP contribution in [0.2, 0.25) is 0 Å². The van der Waals surface area contributed by atoms with Gasteiger partial charge >= 0.3 is 0 Å². The van der Waals surface area contributed by atoms with E-state index in [1.807, 2.05) is 122 Å². The van der Waals surface area contributed by atoms with E-state index >= 15 is 0 Å². The van der Waals surface area contributed by atoms with E-state index in [0.29, 0.717) is 35.3 Å². The van der Waals surface area contributed by atoms with Crippen LogP contribution in [0.15, 0.2) is 144 Å². The first-order valence-corrected chi connectivity index (χ1v) is 19.7. The Labute approximate surface area is 337 Å². The van der Waals surface area contributed by atoms with Gasteiger partial charge in [0.05, 0.1) is 50.9 Å². The number of rotatable bonds is 8. The van der Waals surface area contributed by atoms with Crippen LogP contribution in [0, 0.1) is 0 Å². The van der Waals surface area contributed by atoms with E-state index in [1.54, 1.807) is 0 Å². The highest BCUT2D eigenvalue weighted by Crippen LogP contribution is 2.29. The van der Waals surface area contributed by atoms with Gasteiger partial charge in [-0.25, -0.2) is 9.97 Å². The molecule has 4 aliphatic rings. The topological polar surface area (TPSA) is 110 Å². The lowest BCUT2D eigenvalue weighted by Gasteiger charge is -2.28. The standard InChI is InChI=1S/2C24H21N3O2/c2*28-24(17-4-2-1-3-5-17)19-6-7-20-16-26-23(21(20)14-19)18-8-9-25-22(15-18)27-10-12-29-13-11-27/h2*1-9,14-15H,10-13,16H2. The summed E-state index contributed by atoms with van der Waals surface area (Å²) in [6.07, 6.45) is 3.67. The van der Waals surface area contributed by atoms with Gasteiger partial charge in [-0.3, -0.25) is 19.6 Å². The van der Waals surface area contributed by atoms with Crippen LogP contribution in [0.5, 0.6) is 0 Å². The summed E-state index contributed by atoms with van der Waals surface area (Å²) in [6.45, 7) is 7.54. The summed E-state index contributed by atoms with van der Waals surface area (Å²) in [5.74, 6) is 1.95. The summed E-state index contributed by atoms with van der Waals surface area (Å²) in [5.41, 5.74) is 11.1. The normalized spacial score (nSPS) is 15.7. The van der Waals surface area contributed by atoms with Gasteiger partial charge in [-0.15, -0.1) is 0 Å². The molecular formula is C48H42N6O4. The van der Waals surface area contributed by atoms with Gasteiger partial charge in [0.1, 0.15) is 11.6 Å². The number of aromatic nitrogens is 2. The number of ketones is 2. The second-order valence-corrected chi connectivity index (χ2v) is 14.5. The number of morpholine rings is 2. The second-order valence-electron chi connectivity index (χ2n) is 14.5. The fourth-order valence-electron chi connectivity index (χ4n) is 7.72. The van der Waals surface area contributed by atoms with Crippen molar-refractivity contribution in [2.45, 2.75) is 13.1 Å². The lowest BCUT2D eigenvalue weighted by atomic mass is 9.95. The molecule has 0 atom stereocenters. The summed E-state index contributed by atoms with van der Waals surface area (Å²) < 4.78 is 10.9. The van der Waals surface area contributed by atoms with Crippen LogP contribution in [0.1, 0.15) is 65.2 Å². The summed E-state index contributed by atoms with van der Waals surface area (Å²) in [6, 6.07) is 38.7. The molecule has 0 unspecified atom stereocenters. The molecule has 6 heterocycles. The molecule has 0 saturated carbocycles. The van der Waals surface area contributed by atoms with Gasteiger partial charge in [-0.2, -0.15) is 0 Å². The molecule has 2 fully saturated rings. The Morgan fingerprint density at radius 1 is 0.466 bits per heavy atom. The number of carbonyl (C=O) groups excluding carboxylic acids is 2. The molecule has 4 aromatic carbocycles. The number of aliphatic imine (C=N–C) groups is 2. The molecule has 0 N–H and O–H groups in total. The molecule has 10 nitrogen and oxygen atoms in total. The first-order chi connectivity index (χ1) is 28.6. The van der Waals surface area contributed by atoms with Crippen molar-refractivity contribution in [3.8, 4) is 0 Å². The van der Waals surface area contributed by atoms with E-state index in [2.05, 4.69) is 31.9 Å². The molecule has 58 heavy (non-hydrogen) atoms. The van der Waals surface area contributed by atoms with Crippen molar-refractivity contribution in [3.63, 3.8) is 0 Å². The summed E-state index contributed by atoms with van der Waals surface area (Å²) in [4.78, 5) is 48.8. The Morgan fingerprint density at radius 3 is 1.29 bits per heavy atom. The van der Waals surface area contributed by atoms with Crippen LogP contribution in [0.25, 0.3) is 0 Å². The van der Waals surface area contributed by atoms with E-state index in [1.165, 1.54) is 0 Å². The van der Waals surface area contributed by atoms with Crippen LogP contribution >= 0.6 is 0 Å². The Hall–Kier alpha value is -6.62. The summed E-state index contributed by atoms with van der Waals surface area (Å²) in [7, 11) is 0. The number of carbonyl (C=O) groups is 2. The molecule has 4 aliphatic heterocycles. The van der Waals surface area contributed by atoms with Crippen molar-refractivity contribution in [1.29, 1.82) is 0 Å². The number of nitrogens with zero attached hydrogens (tertiary/aromatic N) is 6. The smallest absolute Gasteiger partial charge is 0.193 e. The number of ether oxygens (including phenoxy) is 2. The summed E-state index contributed by atoms with van der Waals surface area (Å²) >= 11 is 0. The average molecular weight is 767 g/mol. The van der Waals surface area contributed by atoms with Gasteiger partial charge in [0.15, 0.2) is 11.6 Å². The highest BCUT2D eigenvalue weighted by atomic mass is 16.5. The molecule has 6 aromatic rings. The van der Waals surface area contributed by atoms with Crippen LogP contribution in [-0.2, 0) is 22.6 Å². The Morgan fingerprint density at radius 2 is 0.879 bits per heavy atom. The van der Waals surface area contributed by atoms with Gasteiger partial charge < -0.3 is 19.3 Å². The van der Waals surface area contributed by atoms with Gasteiger partial charge in [-0.05, 0) is 47.5 Å². The van der Waals surface area contributed by atoms with Gasteiger partial charge in [0, 0.05) is 83.1 Å². The van der Waals surface area contributed by atoms with Crippen molar-refractivity contribution >= 4 is 34.6 Å². The number of anilines is 2. The maximum atomic E-state index is 12.9. The molecule has 2 aromatic heterocycles. The maximum Gasteiger partial charge on any atom is 0.193 e. The zero-order valence-electron chi connectivity index (χ0n) is 32.1. The van der Waals surface area contributed by atoms with E-state index in [9.17, 15) is 9.59 Å². The third-order valence-electron chi connectivity index (χ3n) is 10.8. The quantitative estimate of drug-likeness (QED) is 0.153. The number of hydrogen-bond acceptors (Lipinski definition) is 10. The number of hydrogen-bond donors (Lipinski definition) is 0. The molecule has 0 radical (unpaired) electrons. The van der Waals surface area contributed by atoms with Crippen LogP contribution in [-0.4, -0.2) is 85.6 Å². The molecule has 288 valence electrons. The third-order valence-corrected chi connectivity index (χ3v) is 10.8. The Kier molecular flexibility index (Phi) is 10.7. The fourth-order valence-corrected chi connectivity index (χ4v) is 7.72. The van der Waals surface area contributed by atoms with Crippen LogP contribution < -0.4 is 9.80 Å². The maximum absolute atomic E-state index is 12.9. The molecule has 10 rings (SSSR count). The van der Waals surface area contributed by atoms with Crippen LogP contribution in [0.4, 0.5) is 11.6 Å². The van der Waals surface area contributed by atoms with Crippen molar-refractivity contribution in [1.82, 2.24) is 9.97 Å². The molecule has 0 bridgehead atoms. The van der Waals surface area contributed by atoms with Crippen molar-refractivity contribution < 1.29 is 19.1 Å². The highest BCUT2D eigenvalue weighted by Gasteiger charge is 2.23. The minimum atomic E-state index is 0.0309. The Bertz CT molecular complexity index is 2350. The predicted molar refractivity (Wildman–Crippen MR) is 226 cm³/mol. The lowest BCUT2D eigenvalue weighted by molar-refractivity contribution is 0.103. The van der Waals surface area contributed by atoms with Gasteiger partial charge in [0.25, 0.3) is 0 Å². The number of fused-ring (bicyclic) bond motifs is 2. The minimum Gasteiger partial charge on any atom is -0.378 e. The van der Waals surface area contributed by atoms with Gasteiger partial charge in [-0.1, -0.05) is 84.9 Å². The molecular weight excluding hydrogens is 725 g/mol. The van der Waals surface area contributed by atoms with Crippen molar-refractivity contribution in [3.05, 3.63) is 189 Å². The predicted octanol–water partition coefficient (Wildman–Crippen LogP) is 7.00. The highest BCUT2D eigenvalue weighted by molar-refractivity contribution is 6.18. The van der Waals surface area contributed by atoms with Crippen molar-refractivity contribution in [2.24, 2.45) is 9.98 Å². The molecule has 10 heteroatoms. The second kappa shape index (κ2) is 16.9. The van der Waals surface area contributed by atoms with Gasteiger partial charge in [0.2, 0.25) is 0 Å². The van der Waals surface area contributed by atoms with Crippen LogP contribution in [0.3, 0.4) is 0 Å². The number of benzene rings is 4. The fraction of sp³-hybridized carbons (Fsp3) is 0.208. The van der Waals surface area contributed by atoms with E-state index < -0.39 is 0 Å². The monoisotopic (exact) mass is 766 g/mol. The van der Waals surface area contributed by atoms with Crippen molar-refractivity contribution in [2.75, 3.05) is 62.4 Å². The first kappa shape index (κ1) is 37.0. The minimum absolute atomic E-state index is 0.0309. The zero-order chi connectivity index (χ0) is 39.3. The molecule has 0 amide bonds.